The average molecular weight is 197 g/mol. The van der Waals surface area contributed by atoms with Crippen molar-refractivity contribution in [1.29, 1.82) is 0 Å². The van der Waals surface area contributed by atoms with E-state index < -0.39 is 0 Å². The molecule has 2 atom stereocenters. The minimum atomic E-state index is 0.241. The molecule has 0 saturated heterocycles. The lowest BCUT2D eigenvalue weighted by molar-refractivity contribution is 0.750. The Morgan fingerprint density at radius 1 is 1.33 bits per heavy atom. The summed E-state index contributed by atoms with van der Waals surface area (Å²) >= 11 is 0. The van der Waals surface area contributed by atoms with Crippen molar-refractivity contribution >= 4 is 0 Å². The SMILES string of the molecule is CC1=CC=CC2(c3cccc(C)n3)CC12. The second-order valence-corrected chi connectivity index (χ2v) is 4.73. The molecular weight excluding hydrogens is 182 g/mol. The molecule has 0 radical (unpaired) electrons. The third kappa shape index (κ3) is 1.19. The first-order chi connectivity index (χ1) is 7.22. The number of aryl methyl sites for hydroxylation is 1. The topological polar surface area (TPSA) is 12.9 Å². The Labute approximate surface area is 90.5 Å². The van der Waals surface area contributed by atoms with Crippen LogP contribution < -0.4 is 0 Å². The molecule has 1 nitrogen and oxygen atoms in total. The van der Waals surface area contributed by atoms with Crippen LogP contribution in [0.2, 0.25) is 0 Å². The fourth-order valence-corrected chi connectivity index (χ4v) is 2.69. The molecule has 0 amide bonds. The van der Waals surface area contributed by atoms with Crippen molar-refractivity contribution in [2.45, 2.75) is 25.7 Å². The molecule has 0 N–H and O–H groups in total. The zero-order chi connectivity index (χ0) is 10.5. The van der Waals surface area contributed by atoms with Gasteiger partial charge < -0.3 is 0 Å². The van der Waals surface area contributed by atoms with E-state index in [1.54, 1.807) is 0 Å². The van der Waals surface area contributed by atoms with Gasteiger partial charge in [-0.3, -0.25) is 4.98 Å². The number of hydrogen-bond acceptors (Lipinski definition) is 1. The lowest BCUT2D eigenvalue weighted by Gasteiger charge is -2.16. The lowest BCUT2D eigenvalue weighted by atomic mass is 9.91. The van der Waals surface area contributed by atoms with Gasteiger partial charge in [0.05, 0.1) is 5.69 Å². The Balaban J connectivity index is 2.04. The summed E-state index contributed by atoms with van der Waals surface area (Å²) in [6, 6.07) is 6.34. The van der Waals surface area contributed by atoms with Gasteiger partial charge in [-0.25, -0.2) is 0 Å². The van der Waals surface area contributed by atoms with Gasteiger partial charge in [0.25, 0.3) is 0 Å². The van der Waals surface area contributed by atoms with Crippen LogP contribution in [0.3, 0.4) is 0 Å². The van der Waals surface area contributed by atoms with Crippen molar-refractivity contribution in [2.24, 2.45) is 5.92 Å². The highest BCUT2D eigenvalue weighted by Gasteiger charge is 2.55. The summed E-state index contributed by atoms with van der Waals surface area (Å²) in [5.41, 5.74) is 4.11. The van der Waals surface area contributed by atoms with E-state index in [9.17, 15) is 0 Å². The van der Waals surface area contributed by atoms with Gasteiger partial charge in [-0.1, -0.05) is 29.9 Å². The molecule has 2 aliphatic carbocycles. The number of hydrogen-bond donors (Lipinski definition) is 0. The maximum atomic E-state index is 4.67. The van der Waals surface area contributed by atoms with Gasteiger partial charge in [0.15, 0.2) is 0 Å². The van der Waals surface area contributed by atoms with Crippen LogP contribution in [0.5, 0.6) is 0 Å². The molecule has 0 aromatic carbocycles. The van der Waals surface area contributed by atoms with Crippen LogP contribution in [0.15, 0.2) is 42.0 Å². The smallest absolute Gasteiger partial charge is 0.0512 e. The van der Waals surface area contributed by atoms with Gasteiger partial charge >= 0.3 is 0 Å². The fraction of sp³-hybridized carbons (Fsp3) is 0.357. The van der Waals surface area contributed by atoms with E-state index in [1.807, 2.05) is 0 Å². The number of aromatic nitrogens is 1. The largest absolute Gasteiger partial charge is 0.257 e. The quantitative estimate of drug-likeness (QED) is 0.674. The maximum absolute atomic E-state index is 4.67. The summed E-state index contributed by atoms with van der Waals surface area (Å²) < 4.78 is 0. The first-order valence-corrected chi connectivity index (χ1v) is 5.52. The number of rotatable bonds is 1. The molecule has 1 heterocycles. The zero-order valence-electron chi connectivity index (χ0n) is 9.20. The number of pyridine rings is 1. The molecule has 0 spiro atoms. The first-order valence-electron chi connectivity index (χ1n) is 5.52. The molecule has 0 aliphatic heterocycles. The monoisotopic (exact) mass is 197 g/mol. The predicted octanol–water partition coefficient (Wildman–Crippen LogP) is 3.16. The van der Waals surface area contributed by atoms with E-state index in [0.29, 0.717) is 5.92 Å². The molecule has 0 bridgehead atoms. The van der Waals surface area contributed by atoms with E-state index in [0.717, 1.165) is 5.69 Å². The van der Waals surface area contributed by atoms with Crippen LogP contribution in [0.1, 0.15) is 24.7 Å². The minimum absolute atomic E-state index is 0.241. The summed E-state index contributed by atoms with van der Waals surface area (Å²) in [7, 11) is 0. The van der Waals surface area contributed by atoms with Crippen LogP contribution in [-0.4, -0.2) is 4.98 Å². The van der Waals surface area contributed by atoms with Gasteiger partial charge in [-0.05, 0) is 38.3 Å². The Bertz CT molecular complexity index is 470. The van der Waals surface area contributed by atoms with E-state index in [2.05, 4.69) is 55.3 Å². The second kappa shape index (κ2) is 2.82. The van der Waals surface area contributed by atoms with Crippen LogP contribution in [0, 0.1) is 12.8 Å². The third-order valence-corrected chi connectivity index (χ3v) is 3.67. The van der Waals surface area contributed by atoms with Crippen molar-refractivity contribution in [3.05, 3.63) is 53.4 Å². The van der Waals surface area contributed by atoms with Gasteiger partial charge in [-0.2, -0.15) is 0 Å². The van der Waals surface area contributed by atoms with Crippen molar-refractivity contribution in [2.75, 3.05) is 0 Å². The molecule has 1 fully saturated rings. The summed E-state index contributed by atoms with van der Waals surface area (Å²) in [6.45, 7) is 4.29. The molecule has 1 aromatic rings. The summed E-state index contributed by atoms with van der Waals surface area (Å²) in [5, 5.41) is 0. The standard InChI is InChI=1S/C14H15N/c1-10-5-4-8-14(9-12(10)14)13-7-3-6-11(2)15-13/h3-8,12H,9H2,1-2H3. The van der Waals surface area contributed by atoms with E-state index in [-0.39, 0.29) is 5.41 Å². The fourth-order valence-electron chi connectivity index (χ4n) is 2.69. The summed E-state index contributed by atoms with van der Waals surface area (Å²) in [4.78, 5) is 4.67. The van der Waals surface area contributed by atoms with Crippen molar-refractivity contribution in [1.82, 2.24) is 4.98 Å². The molecule has 1 heteroatoms. The Morgan fingerprint density at radius 2 is 2.20 bits per heavy atom. The van der Waals surface area contributed by atoms with Crippen molar-refractivity contribution in [3.8, 4) is 0 Å². The van der Waals surface area contributed by atoms with Crippen LogP contribution in [0.25, 0.3) is 0 Å². The number of allylic oxidation sites excluding steroid dienone is 4. The molecule has 15 heavy (non-hydrogen) atoms. The van der Waals surface area contributed by atoms with Gasteiger partial charge in [0, 0.05) is 11.1 Å². The molecule has 76 valence electrons. The number of nitrogens with zero attached hydrogens (tertiary/aromatic N) is 1. The Morgan fingerprint density at radius 3 is 3.00 bits per heavy atom. The third-order valence-electron chi connectivity index (χ3n) is 3.67. The zero-order valence-corrected chi connectivity index (χ0v) is 9.20. The molecule has 2 aliphatic rings. The first kappa shape index (κ1) is 8.90. The summed E-state index contributed by atoms with van der Waals surface area (Å²) in [6.07, 6.45) is 7.98. The van der Waals surface area contributed by atoms with E-state index >= 15 is 0 Å². The maximum Gasteiger partial charge on any atom is 0.0512 e. The highest BCUT2D eigenvalue weighted by molar-refractivity contribution is 5.46. The van der Waals surface area contributed by atoms with E-state index in [1.165, 1.54) is 17.7 Å². The summed E-state index contributed by atoms with van der Waals surface area (Å²) in [5.74, 6) is 0.705. The molecule has 3 rings (SSSR count). The highest BCUT2D eigenvalue weighted by Crippen LogP contribution is 2.59. The lowest BCUT2D eigenvalue weighted by Crippen LogP contribution is -2.12. The highest BCUT2D eigenvalue weighted by atomic mass is 14.8. The van der Waals surface area contributed by atoms with Gasteiger partial charge in [-0.15, -0.1) is 0 Å². The van der Waals surface area contributed by atoms with Gasteiger partial charge in [0.1, 0.15) is 0 Å². The van der Waals surface area contributed by atoms with E-state index in [4.69, 9.17) is 0 Å². The Hall–Kier alpha value is -1.37. The molecule has 1 saturated carbocycles. The van der Waals surface area contributed by atoms with Crippen LogP contribution in [0.4, 0.5) is 0 Å². The molecule has 1 aromatic heterocycles. The minimum Gasteiger partial charge on any atom is -0.257 e. The van der Waals surface area contributed by atoms with Crippen molar-refractivity contribution < 1.29 is 0 Å². The Kier molecular flexibility index (Phi) is 1.67. The average Bonchev–Trinajstić information content (AvgIpc) is 2.95. The predicted molar refractivity (Wildman–Crippen MR) is 61.7 cm³/mol. The van der Waals surface area contributed by atoms with Crippen LogP contribution >= 0.6 is 0 Å². The number of fused-ring (bicyclic) bond motifs is 1. The van der Waals surface area contributed by atoms with Crippen molar-refractivity contribution in [3.63, 3.8) is 0 Å². The molecular formula is C14H15N. The second-order valence-electron chi connectivity index (χ2n) is 4.73. The normalized spacial score (nSPS) is 32.1. The van der Waals surface area contributed by atoms with Gasteiger partial charge in [0.2, 0.25) is 0 Å². The van der Waals surface area contributed by atoms with Crippen LogP contribution in [-0.2, 0) is 5.41 Å². The molecule has 2 unspecified atom stereocenters.